The number of nitrogens with zero attached hydrogens (tertiary/aromatic N) is 4. The van der Waals surface area contributed by atoms with Gasteiger partial charge in [-0.05, 0) is 12.1 Å². The monoisotopic (exact) mass is 243 g/mol. The zero-order valence-corrected chi connectivity index (χ0v) is 9.49. The standard InChI is InChI=1S/C11H9N5O2/c1-15-3-2-9(14-15)10-5-7-4-8(16(17)18)6-12-11(7)13-10/h2-6H,1H3,(H,12,13). The third-order valence-corrected chi connectivity index (χ3v) is 2.66. The van der Waals surface area contributed by atoms with Crippen molar-refractivity contribution in [3.05, 3.63) is 40.7 Å². The largest absolute Gasteiger partial charge is 0.338 e. The van der Waals surface area contributed by atoms with Crippen molar-refractivity contribution in [1.82, 2.24) is 19.7 Å². The highest BCUT2D eigenvalue weighted by molar-refractivity contribution is 5.83. The van der Waals surface area contributed by atoms with E-state index in [1.54, 1.807) is 10.7 Å². The third-order valence-electron chi connectivity index (χ3n) is 2.66. The molecule has 0 bridgehead atoms. The molecule has 0 aliphatic heterocycles. The molecular formula is C11H9N5O2. The molecule has 0 radical (unpaired) electrons. The SMILES string of the molecule is Cn1ccc(-c2cc3cc([N+](=O)[O-])cnc3[nH]2)n1. The van der Waals surface area contributed by atoms with Crippen LogP contribution in [0.3, 0.4) is 0 Å². The van der Waals surface area contributed by atoms with Crippen LogP contribution >= 0.6 is 0 Å². The minimum Gasteiger partial charge on any atom is -0.338 e. The summed E-state index contributed by atoms with van der Waals surface area (Å²) >= 11 is 0. The van der Waals surface area contributed by atoms with E-state index < -0.39 is 4.92 Å². The summed E-state index contributed by atoms with van der Waals surface area (Å²) in [5.74, 6) is 0. The average Bonchev–Trinajstić information content (AvgIpc) is 2.93. The summed E-state index contributed by atoms with van der Waals surface area (Å²) in [7, 11) is 1.83. The van der Waals surface area contributed by atoms with Crippen molar-refractivity contribution in [3.8, 4) is 11.4 Å². The fraction of sp³-hybridized carbons (Fsp3) is 0.0909. The molecular weight excluding hydrogens is 234 g/mol. The zero-order valence-electron chi connectivity index (χ0n) is 9.49. The molecule has 1 N–H and O–H groups in total. The Bertz CT molecular complexity index is 743. The molecule has 3 rings (SSSR count). The number of pyridine rings is 1. The lowest BCUT2D eigenvalue weighted by Gasteiger charge is -1.90. The van der Waals surface area contributed by atoms with Crippen LogP contribution in [0, 0.1) is 10.1 Å². The van der Waals surface area contributed by atoms with Crippen molar-refractivity contribution >= 4 is 16.7 Å². The van der Waals surface area contributed by atoms with Crippen LogP contribution in [-0.2, 0) is 7.05 Å². The Morgan fingerprint density at radius 3 is 2.94 bits per heavy atom. The number of fused-ring (bicyclic) bond motifs is 1. The van der Waals surface area contributed by atoms with E-state index >= 15 is 0 Å². The van der Waals surface area contributed by atoms with E-state index in [9.17, 15) is 10.1 Å². The third kappa shape index (κ3) is 1.61. The van der Waals surface area contributed by atoms with E-state index in [1.807, 2.05) is 19.3 Å². The molecule has 0 unspecified atom stereocenters. The fourth-order valence-electron chi connectivity index (χ4n) is 1.80. The van der Waals surface area contributed by atoms with Gasteiger partial charge in [-0.1, -0.05) is 0 Å². The highest BCUT2D eigenvalue weighted by Crippen LogP contribution is 2.24. The predicted molar refractivity (Wildman–Crippen MR) is 65.0 cm³/mol. The number of aromatic amines is 1. The second kappa shape index (κ2) is 3.66. The number of aromatic nitrogens is 4. The van der Waals surface area contributed by atoms with Gasteiger partial charge in [0.15, 0.2) is 0 Å². The quantitative estimate of drug-likeness (QED) is 0.549. The van der Waals surface area contributed by atoms with Crippen molar-refractivity contribution in [2.75, 3.05) is 0 Å². The molecule has 0 aliphatic rings. The van der Waals surface area contributed by atoms with Crippen LogP contribution in [0.15, 0.2) is 30.6 Å². The molecule has 3 heterocycles. The van der Waals surface area contributed by atoms with Gasteiger partial charge in [0.2, 0.25) is 0 Å². The molecule has 7 nitrogen and oxygen atoms in total. The Kier molecular flexibility index (Phi) is 2.12. The summed E-state index contributed by atoms with van der Waals surface area (Å²) in [5.41, 5.74) is 2.16. The molecule has 18 heavy (non-hydrogen) atoms. The van der Waals surface area contributed by atoms with Gasteiger partial charge < -0.3 is 4.98 Å². The summed E-state index contributed by atoms with van der Waals surface area (Å²) in [4.78, 5) is 17.3. The van der Waals surface area contributed by atoms with E-state index in [-0.39, 0.29) is 5.69 Å². The molecule has 0 aliphatic carbocycles. The minimum absolute atomic E-state index is 0.0194. The van der Waals surface area contributed by atoms with E-state index in [2.05, 4.69) is 15.1 Å². The number of aryl methyl sites for hydroxylation is 1. The van der Waals surface area contributed by atoms with Crippen LogP contribution in [0.25, 0.3) is 22.4 Å². The summed E-state index contributed by atoms with van der Waals surface area (Å²) in [6.07, 6.45) is 3.07. The van der Waals surface area contributed by atoms with Gasteiger partial charge in [-0.3, -0.25) is 14.8 Å². The Hall–Kier alpha value is -2.70. The van der Waals surface area contributed by atoms with Gasteiger partial charge in [0.05, 0.1) is 10.6 Å². The lowest BCUT2D eigenvalue weighted by atomic mass is 10.2. The van der Waals surface area contributed by atoms with Gasteiger partial charge in [0, 0.05) is 24.7 Å². The summed E-state index contributed by atoms with van der Waals surface area (Å²) in [5, 5.41) is 15.6. The van der Waals surface area contributed by atoms with E-state index in [4.69, 9.17) is 0 Å². The highest BCUT2D eigenvalue weighted by atomic mass is 16.6. The number of H-pyrrole nitrogens is 1. The summed E-state index contributed by atoms with van der Waals surface area (Å²) < 4.78 is 1.69. The second-order valence-electron chi connectivity index (χ2n) is 3.95. The summed E-state index contributed by atoms with van der Waals surface area (Å²) in [6.45, 7) is 0. The molecule has 0 aromatic carbocycles. The van der Waals surface area contributed by atoms with Crippen molar-refractivity contribution in [2.24, 2.45) is 7.05 Å². The molecule has 90 valence electrons. The predicted octanol–water partition coefficient (Wildman–Crippen LogP) is 1.87. The van der Waals surface area contributed by atoms with Crippen molar-refractivity contribution < 1.29 is 4.92 Å². The molecule has 7 heteroatoms. The second-order valence-corrected chi connectivity index (χ2v) is 3.95. The van der Waals surface area contributed by atoms with Crippen LogP contribution < -0.4 is 0 Å². The van der Waals surface area contributed by atoms with Gasteiger partial charge in [0.25, 0.3) is 5.69 Å². The number of hydrogen-bond acceptors (Lipinski definition) is 4. The van der Waals surface area contributed by atoms with E-state index in [1.165, 1.54) is 12.3 Å². The maximum absolute atomic E-state index is 10.7. The Balaban J connectivity index is 2.13. The van der Waals surface area contributed by atoms with Gasteiger partial charge >= 0.3 is 0 Å². The first-order valence-electron chi connectivity index (χ1n) is 5.26. The Labute approximate surface area is 101 Å². The van der Waals surface area contributed by atoms with Gasteiger partial charge in [-0.25, -0.2) is 4.98 Å². The zero-order chi connectivity index (χ0) is 12.7. The molecule has 0 saturated carbocycles. The Morgan fingerprint density at radius 1 is 1.44 bits per heavy atom. The molecule has 0 spiro atoms. The fourth-order valence-corrected chi connectivity index (χ4v) is 1.80. The Morgan fingerprint density at radius 2 is 2.28 bits per heavy atom. The molecule has 3 aromatic rings. The normalized spacial score (nSPS) is 10.9. The minimum atomic E-state index is -0.458. The average molecular weight is 243 g/mol. The molecule has 0 fully saturated rings. The first kappa shape index (κ1) is 10.5. The first-order valence-corrected chi connectivity index (χ1v) is 5.26. The maximum atomic E-state index is 10.7. The maximum Gasteiger partial charge on any atom is 0.288 e. The van der Waals surface area contributed by atoms with E-state index in [0.717, 1.165) is 11.4 Å². The molecule has 0 atom stereocenters. The van der Waals surface area contributed by atoms with Crippen LogP contribution in [0.2, 0.25) is 0 Å². The summed E-state index contributed by atoms with van der Waals surface area (Å²) in [6, 6.07) is 5.15. The number of rotatable bonds is 2. The molecule has 0 amide bonds. The van der Waals surface area contributed by atoms with Gasteiger partial charge in [-0.15, -0.1) is 0 Å². The molecule has 3 aromatic heterocycles. The highest BCUT2D eigenvalue weighted by Gasteiger charge is 2.11. The number of nitro groups is 1. The van der Waals surface area contributed by atoms with Crippen molar-refractivity contribution in [1.29, 1.82) is 0 Å². The van der Waals surface area contributed by atoms with Gasteiger partial charge in [-0.2, -0.15) is 5.10 Å². The van der Waals surface area contributed by atoms with Crippen molar-refractivity contribution in [2.45, 2.75) is 0 Å². The van der Waals surface area contributed by atoms with E-state index in [0.29, 0.717) is 11.0 Å². The lowest BCUT2D eigenvalue weighted by molar-refractivity contribution is -0.385. The number of hydrogen-bond donors (Lipinski definition) is 1. The lowest BCUT2D eigenvalue weighted by Crippen LogP contribution is -1.88. The van der Waals surface area contributed by atoms with Crippen LogP contribution in [0.4, 0.5) is 5.69 Å². The van der Waals surface area contributed by atoms with Gasteiger partial charge in [0.1, 0.15) is 17.5 Å². The first-order chi connectivity index (χ1) is 8.63. The number of nitrogens with one attached hydrogen (secondary N) is 1. The van der Waals surface area contributed by atoms with Crippen LogP contribution in [0.5, 0.6) is 0 Å². The molecule has 0 saturated heterocycles. The smallest absolute Gasteiger partial charge is 0.288 e. The van der Waals surface area contributed by atoms with Crippen molar-refractivity contribution in [3.63, 3.8) is 0 Å². The van der Waals surface area contributed by atoms with Crippen LogP contribution in [0.1, 0.15) is 0 Å². The topological polar surface area (TPSA) is 89.6 Å². The van der Waals surface area contributed by atoms with Crippen LogP contribution in [-0.4, -0.2) is 24.7 Å².